The van der Waals surface area contributed by atoms with Crippen molar-refractivity contribution in [2.24, 2.45) is 5.92 Å². The molecule has 0 amide bonds. The number of aliphatic hydroxyl groups excluding tert-OH is 1. The van der Waals surface area contributed by atoms with Gasteiger partial charge in [-0.15, -0.1) is 11.3 Å². The van der Waals surface area contributed by atoms with E-state index in [0.717, 1.165) is 6.42 Å². The molecule has 0 aliphatic heterocycles. The number of thiophene rings is 1. The van der Waals surface area contributed by atoms with Gasteiger partial charge in [-0.25, -0.2) is 0 Å². The zero-order valence-corrected chi connectivity index (χ0v) is 9.52. The van der Waals surface area contributed by atoms with Crippen molar-refractivity contribution < 1.29 is 5.11 Å². The van der Waals surface area contributed by atoms with Crippen molar-refractivity contribution in [1.82, 2.24) is 0 Å². The number of hydrogen-bond donors (Lipinski definition) is 1. The third kappa shape index (κ3) is 1.86. The van der Waals surface area contributed by atoms with Crippen LogP contribution in [0.25, 0.3) is 0 Å². The van der Waals surface area contributed by atoms with E-state index in [1.165, 1.54) is 36.1 Å². The van der Waals surface area contributed by atoms with E-state index >= 15 is 0 Å². The monoisotopic (exact) mass is 210 g/mol. The average molecular weight is 210 g/mol. The normalized spacial score (nSPS) is 20.1. The van der Waals surface area contributed by atoms with Crippen LogP contribution in [0.1, 0.15) is 49.2 Å². The molecule has 78 valence electrons. The van der Waals surface area contributed by atoms with Gasteiger partial charge in [0, 0.05) is 4.88 Å². The van der Waals surface area contributed by atoms with E-state index < -0.39 is 0 Å². The summed E-state index contributed by atoms with van der Waals surface area (Å²) in [6.07, 6.45) is 5.88. The first-order valence-electron chi connectivity index (χ1n) is 5.57. The van der Waals surface area contributed by atoms with Gasteiger partial charge in [-0.1, -0.05) is 19.8 Å². The smallest absolute Gasteiger partial charge is 0.0912 e. The summed E-state index contributed by atoms with van der Waals surface area (Å²) in [5.41, 5.74) is 1.34. The van der Waals surface area contributed by atoms with E-state index in [4.69, 9.17) is 0 Å². The maximum atomic E-state index is 10.2. The molecule has 1 atom stereocenters. The number of aryl methyl sites for hydroxylation is 1. The van der Waals surface area contributed by atoms with Crippen molar-refractivity contribution >= 4 is 11.3 Å². The Hall–Kier alpha value is -0.340. The van der Waals surface area contributed by atoms with Crippen LogP contribution in [0.5, 0.6) is 0 Å². The van der Waals surface area contributed by atoms with Crippen molar-refractivity contribution in [2.75, 3.05) is 0 Å². The maximum Gasteiger partial charge on any atom is 0.0912 e. The Balaban J connectivity index is 2.12. The predicted octanol–water partition coefficient (Wildman–Crippen LogP) is 3.53. The molecule has 0 spiro atoms. The fourth-order valence-electron chi connectivity index (χ4n) is 2.39. The SMILES string of the molecule is CCc1ccsc1C(O)C1CCCC1. The molecular formula is C12H18OS. The van der Waals surface area contributed by atoms with Crippen LogP contribution in [0.3, 0.4) is 0 Å². The van der Waals surface area contributed by atoms with E-state index in [-0.39, 0.29) is 6.10 Å². The van der Waals surface area contributed by atoms with E-state index in [0.29, 0.717) is 5.92 Å². The van der Waals surface area contributed by atoms with E-state index in [9.17, 15) is 5.11 Å². The highest BCUT2D eigenvalue weighted by Crippen LogP contribution is 2.38. The first-order valence-corrected chi connectivity index (χ1v) is 6.45. The summed E-state index contributed by atoms with van der Waals surface area (Å²) in [5.74, 6) is 0.527. The van der Waals surface area contributed by atoms with Gasteiger partial charge in [0.25, 0.3) is 0 Å². The summed E-state index contributed by atoms with van der Waals surface area (Å²) in [7, 11) is 0. The molecule has 2 heteroatoms. The van der Waals surface area contributed by atoms with Crippen LogP contribution < -0.4 is 0 Å². The molecule has 1 fully saturated rings. The van der Waals surface area contributed by atoms with Gasteiger partial charge in [-0.2, -0.15) is 0 Å². The lowest BCUT2D eigenvalue weighted by molar-refractivity contribution is 0.114. The Morgan fingerprint density at radius 3 is 2.86 bits per heavy atom. The summed E-state index contributed by atoms with van der Waals surface area (Å²) < 4.78 is 0. The first-order chi connectivity index (χ1) is 6.83. The van der Waals surface area contributed by atoms with Crippen molar-refractivity contribution in [3.05, 3.63) is 21.9 Å². The van der Waals surface area contributed by atoms with E-state index in [1.807, 2.05) is 0 Å². The van der Waals surface area contributed by atoms with Crippen LogP contribution in [-0.2, 0) is 6.42 Å². The molecule has 2 rings (SSSR count). The molecular weight excluding hydrogens is 192 g/mol. The van der Waals surface area contributed by atoms with Crippen LogP contribution in [0, 0.1) is 5.92 Å². The molecule has 1 heterocycles. The standard InChI is InChI=1S/C12H18OS/c1-2-9-7-8-14-12(9)11(13)10-5-3-4-6-10/h7-8,10-11,13H,2-6H2,1H3. The quantitative estimate of drug-likeness (QED) is 0.809. The molecule has 1 aliphatic rings. The largest absolute Gasteiger partial charge is 0.387 e. The third-order valence-corrected chi connectivity index (χ3v) is 4.31. The van der Waals surface area contributed by atoms with Gasteiger partial charge in [0.2, 0.25) is 0 Å². The van der Waals surface area contributed by atoms with Crippen molar-refractivity contribution in [1.29, 1.82) is 0 Å². The van der Waals surface area contributed by atoms with Gasteiger partial charge >= 0.3 is 0 Å². The van der Waals surface area contributed by atoms with Crippen molar-refractivity contribution in [3.63, 3.8) is 0 Å². The molecule has 1 nitrogen and oxygen atoms in total. The second-order valence-corrected chi connectivity index (χ2v) is 5.10. The molecule has 0 bridgehead atoms. The minimum atomic E-state index is -0.188. The first kappa shape index (κ1) is 10.2. The van der Waals surface area contributed by atoms with Crippen LogP contribution in [0.4, 0.5) is 0 Å². The second-order valence-electron chi connectivity index (χ2n) is 4.15. The minimum absolute atomic E-state index is 0.188. The molecule has 1 aromatic rings. The number of aliphatic hydroxyl groups is 1. The highest BCUT2D eigenvalue weighted by atomic mass is 32.1. The molecule has 0 saturated heterocycles. The molecule has 0 radical (unpaired) electrons. The zero-order valence-electron chi connectivity index (χ0n) is 8.70. The fraction of sp³-hybridized carbons (Fsp3) is 0.667. The zero-order chi connectivity index (χ0) is 9.97. The molecule has 0 aromatic carbocycles. The van der Waals surface area contributed by atoms with Gasteiger partial charge < -0.3 is 5.11 Å². The maximum absolute atomic E-state index is 10.2. The summed E-state index contributed by atoms with van der Waals surface area (Å²) in [6.45, 7) is 2.16. The van der Waals surface area contributed by atoms with Gasteiger partial charge in [-0.05, 0) is 42.2 Å². The summed E-state index contributed by atoms with van der Waals surface area (Å²) in [4.78, 5) is 1.22. The lowest BCUT2D eigenvalue weighted by atomic mass is 9.97. The van der Waals surface area contributed by atoms with Gasteiger partial charge in [-0.3, -0.25) is 0 Å². The predicted molar refractivity (Wildman–Crippen MR) is 60.6 cm³/mol. The Kier molecular flexibility index (Phi) is 3.24. The van der Waals surface area contributed by atoms with Crippen molar-refractivity contribution in [3.8, 4) is 0 Å². The molecule has 14 heavy (non-hydrogen) atoms. The number of rotatable bonds is 3. The summed E-state index contributed by atoms with van der Waals surface area (Å²) in [6, 6.07) is 2.15. The molecule has 1 N–H and O–H groups in total. The summed E-state index contributed by atoms with van der Waals surface area (Å²) >= 11 is 1.72. The second kappa shape index (κ2) is 4.45. The Morgan fingerprint density at radius 1 is 1.50 bits per heavy atom. The Labute approximate surface area is 89.8 Å². The topological polar surface area (TPSA) is 20.2 Å². The third-order valence-electron chi connectivity index (χ3n) is 3.28. The molecule has 1 aromatic heterocycles. The molecule has 1 unspecified atom stereocenters. The highest BCUT2D eigenvalue weighted by Gasteiger charge is 2.26. The fourth-order valence-corrected chi connectivity index (χ4v) is 3.46. The van der Waals surface area contributed by atoms with E-state index in [1.54, 1.807) is 11.3 Å². The van der Waals surface area contributed by atoms with E-state index in [2.05, 4.69) is 18.4 Å². The van der Waals surface area contributed by atoms with Crippen molar-refractivity contribution in [2.45, 2.75) is 45.1 Å². The number of hydrogen-bond acceptors (Lipinski definition) is 2. The average Bonchev–Trinajstić information content (AvgIpc) is 2.87. The summed E-state index contributed by atoms with van der Waals surface area (Å²) in [5, 5.41) is 12.3. The van der Waals surface area contributed by atoms with Gasteiger partial charge in [0.05, 0.1) is 6.10 Å². The minimum Gasteiger partial charge on any atom is -0.387 e. The molecule has 1 aliphatic carbocycles. The van der Waals surface area contributed by atoms with Crippen LogP contribution in [-0.4, -0.2) is 5.11 Å². The lowest BCUT2D eigenvalue weighted by Gasteiger charge is -2.17. The van der Waals surface area contributed by atoms with Crippen LogP contribution >= 0.6 is 11.3 Å². The lowest BCUT2D eigenvalue weighted by Crippen LogP contribution is -2.08. The van der Waals surface area contributed by atoms with Crippen LogP contribution in [0.15, 0.2) is 11.4 Å². The van der Waals surface area contributed by atoms with Gasteiger partial charge in [0.15, 0.2) is 0 Å². The Bertz CT molecular complexity index is 286. The van der Waals surface area contributed by atoms with Gasteiger partial charge in [0.1, 0.15) is 0 Å². The molecule has 1 saturated carbocycles. The Morgan fingerprint density at radius 2 is 2.21 bits per heavy atom. The van der Waals surface area contributed by atoms with Crippen LogP contribution in [0.2, 0.25) is 0 Å². The highest BCUT2D eigenvalue weighted by molar-refractivity contribution is 7.10.